The Bertz CT molecular complexity index is 984. The number of anilines is 1. The van der Waals surface area contributed by atoms with Gasteiger partial charge in [0.05, 0.1) is 27.7 Å². The lowest BCUT2D eigenvalue weighted by molar-refractivity contribution is -0.137. The van der Waals surface area contributed by atoms with Crippen molar-refractivity contribution in [2.24, 2.45) is 0 Å². The van der Waals surface area contributed by atoms with E-state index in [9.17, 15) is 23.0 Å². The van der Waals surface area contributed by atoms with E-state index in [0.29, 0.717) is 0 Å². The van der Waals surface area contributed by atoms with Gasteiger partial charge < -0.3 is 9.87 Å². The molecule has 11 heteroatoms. The average Bonchev–Trinajstić information content (AvgIpc) is 2.97. The summed E-state index contributed by atoms with van der Waals surface area (Å²) in [5.41, 5.74) is -2.21. The van der Waals surface area contributed by atoms with Crippen molar-refractivity contribution in [3.63, 3.8) is 0 Å². The quantitative estimate of drug-likeness (QED) is 0.446. The maximum Gasteiger partial charge on any atom is 0.416 e. The van der Waals surface area contributed by atoms with Gasteiger partial charge in [0.25, 0.3) is 0 Å². The van der Waals surface area contributed by atoms with Gasteiger partial charge in [-0.2, -0.15) is 18.4 Å². The summed E-state index contributed by atoms with van der Waals surface area (Å²) in [5.74, 6) is -0.0219. The van der Waals surface area contributed by atoms with E-state index in [1.165, 1.54) is 17.0 Å². The Morgan fingerprint density at radius 3 is 2.67 bits per heavy atom. The minimum Gasteiger partial charge on any atom is -0.611 e. The number of halogens is 5. The molecule has 0 radical (unpaired) electrons. The molecule has 142 valence electrons. The fourth-order valence-electron chi connectivity index (χ4n) is 2.94. The number of nitrogens with zero attached hydrogens (tertiary/aromatic N) is 3. The van der Waals surface area contributed by atoms with Gasteiger partial charge in [0, 0.05) is 5.56 Å². The third-order valence-corrected chi connectivity index (χ3v) is 5.89. The van der Waals surface area contributed by atoms with Crippen LogP contribution in [0.15, 0.2) is 29.7 Å². The van der Waals surface area contributed by atoms with Gasteiger partial charge in [0.2, 0.25) is 10.6 Å². The van der Waals surface area contributed by atoms with Gasteiger partial charge in [0.1, 0.15) is 12.3 Å². The number of hydrogen-bond donors (Lipinski definition) is 1. The molecule has 1 aromatic heterocycles. The number of alkyl halides is 4. The van der Waals surface area contributed by atoms with E-state index in [1.54, 1.807) is 0 Å². The lowest BCUT2D eigenvalue weighted by Crippen LogP contribution is -2.41. The van der Waals surface area contributed by atoms with Crippen LogP contribution in [0.2, 0.25) is 5.02 Å². The van der Waals surface area contributed by atoms with Crippen LogP contribution in [0.4, 0.5) is 19.0 Å². The molecule has 0 fully saturated rings. The smallest absolute Gasteiger partial charge is 0.416 e. The molecular weight excluding hydrogens is 424 g/mol. The highest BCUT2D eigenvalue weighted by Crippen LogP contribution is 2.46. The zero-order valence-electron chi connectivity index (χ0n) is 13.7. The lowest BCUT2D eigenvalue weighted by Gasteiger charge is -2.37. The third-order valence-electron chi connectivity index (χ3n) is 4.22. The topological polar surface area (TPSA) is 76.7 Å². The summed E-state index contributed by atoms with van der Waals surface area (Å²) in [6, 6.07) is 3.52. The molecule has 0 bridgehead atoms. The standard InChI is InChI=1S/C16H11Cl2F3N4OS/c1-3-15(7-17)9-4-8(16(19,20)21)5-10(18)12(9)25-14(23-15)13(27(2)26)11(6-22)24-25/h3-5,23H,1,7H2,2H3. The van der Waals surface area contributed by atoms with E-state index in [-0.39, 0.29) is 38.6 Å². The summed E-state index contributed by atoms with van der Waals surface area (Å²) < 4.78 is 53.2. The SMILES string of the molecule is C=CC1(CCl)Nc2c([S+](C)[O-])c(C#N)nn2-c2c(Cl)cc(C(F)(F)F)cc21. The summed E-state index contributed by atoms with van der Waals surface area (Å²) >= 11 is 10.7. The van der Waals surface area contributed by atoms with E-state index in [1.807, 2.05) is 6.07 Å². The van der Waals surface area contributed by atoms with Crippen LogP contribution in [0.1, 0.15) is 16.8 Å². The molecule has 0 saturated heterocycles. The van der Waals surface area contributed by atoms with Gasteiger partial charge in [-0.3, -0.25) is 0 Å². The maximum absolute atomic E-state index is 13.3. The van der Waals surface area contributed by atoms with Crippen molar-refractivity contribution < 1.29 is 17.7 Å². The molecule has 1 aliphatic rings. The lowest BCUT2D eigenvalue weighted by atomic mass is 9.87. The van der Waals surface area contributed by atoms with Crippen molar-refractivity contribution in [1.82, 2.24) is 9.78 Å². The second kappa shape index (κ2) is 6.63. The number of aromatic nitrogens is 2. The van der Waals surface area contributed by atoms with Gasteiger partial charge in [0.15, 0.2) is 5.82 Å². The molecule has 1 aromatic carbocycles. The molecule has 1 N–H and O–H groups in total. The average molecular weight is 435 g/mol. The first kappa shape index (κ1) is 19.9. The molecule has 2 atom stereocenters. The number of hydrogen-bond acceptors (Lipinski definition) is 4. The Kier molecular flexibility index (Phi) is 4.89. The van der Waals surface area contributed by atoms with Crippen LogP contribution < -0.4 is 5.32 Å². The van der Waals surface area contributed by atoms with E-state index < -0.39 is 28.5 Å². The summed E-state index contributed by atoms with van der Waals surface area (Å²) in [4.78, 5) is 0.107. The van der Waals surface area contributed by atoms with Gasteiger partial charge >= 0.3 is 6.18 Å². The third kappa shape index (κ3) is 2.97. The first-order valence-corrected chi connectivity index (χ1v) is 9.82. The molecule has 0 aliphatic carbocycles. The fraction of sp³-hybridized carbons (Fsp3) is 0.250. The van der Waals surface area contributed by atoms with E-state index in [0.717, 1.165) is 12.1 Å². The van der Waals surface area contributed by atoms with Crippen LogP contribution in [-0.4, -0.2) is 26.5 Å². The fourth-order valence-corrected chi connectivity index (χ4v) is 4.33. The Hall–Kier alpha value is -1.86. The minimum atomic E-state index is -4.63. The molecule has 0 spiro atoms. The highest BCUT2D eigenvalue weighted by molar-refractivity contribution is 7.91. The summed E-state index contributed by atoms with van der Waals surface area (Å²) in [6.45, 7) is 3.68. The van der Waals surface area contributed by atoms with Crippen LogP contribution in [-0.2, 0) is 22.9 Å². The van der Waals surface area contributed by atoms with E-state index in [2.05, 4.69) is 17.0 Å². The van der Waals surface area contributed by atoms with Crippen molar-refractivity contribution in [3.05, 3.63) is 46.6 Å². The monoisotopic (exact) mass is 434 g/mol. The molecule has 2 unspecified atom stereocenters. The van der Waals surface area contributed by atoms with Crippen LogP contribution >= 0.6 is 23.2 Å². The van der Waals surface area contributed by atoms with Crippen molar-refractivity contribution >= 4 is 40.2 Å². The van der Waals surface area contributed by atoms with Gasteiger partial charge in [-0.25, -0.2) is 4.68 Å². The molecule has 5 nitrogen and oxygen atoms in total. The first-order valence-electron chi connectivity index (χ1n) is 7.35. The maximum atomic E-state index is 13.3. The number of fused-ring (bicyclic) bond motifs is 3. The molecule has 3 rings (SSSR count). The number of benzene rings is 1. The van der Waals surface area contributed by atoms with Gasteiger partial charge in [-0.05, 0) is 23.3 Å². The summed E-state index contributed by atoms with van der Waals surface area (Å²) in [5, 5.41) is 16.1. The predicted octanol–water partition coefficient (Wildman–Crippen LogP) is 4.20. The van der Waals surface area contributed by atoms with Crippen LogP contribution in [0, 0.1) is 11.3 Å². The summed E-state index contributed by atoms with van der Waals surface area (Å²) in [7, 11) is 0. The van der Waals surface area contributed by atoms with Crippen molar-refractivity contribution in [2.75, 3.05) is 17.5 Å². The number of nitrogens with one attached hydrogen (secondary N) is 1. The Morgan fingerprint density at radius 2 is 2.19 bits per heavy atom. The second-order valence-corrected chi connectivity index (χ2v) is 7.78. The van der Waals surface area contributed by atoms with E-state index in [4.69, 9.17) is 23.2 Å². The van der Waals surface area contributed by atoms with Gasteiger partial charge in [-0.15, -0.1) is 23.3 Å². The molecular formula is C16H11Cl2F3N4OS. The van der Waals surface area contributed by atoms with Crippen molar-refractivity contribution in [3.8, 4) is 11.8 Å². The Balaban J connectivity index is 2.44. The van der Waals surface area contributed by atoms with Gasteiger partial charge in [-0.1, -0.05) is 17.7 Å². The predicted molar refractivity (Wildman–Crippen MR) is 96.8 cm³/mol. The zero-order valence-corrected chi connectivity index (χ0v) is 16.0. The molecule has 27 heavy (non-hydrogen) atoms. The molecule has 0 amide bonds. The summed E-state index contributed by atoms with van der Waals surface area (Å²) in [6.07, 6.45) is -1.92. The number of nitriles is 1. The molecule has 1 aliphatic heterocycles. The van der Waals surface area contributed by atoms with Crippen molar-refractivity contribution in [2.45, 2.75) is 16.6 Å². The highest BCUT2D eigenvalue weighted by Gasteiger charge is 2.44. The minimum absolute atomic E-state index is 0.0975. The van der Waals surface area contributed by atoms with Crippen LogP contribution in [0.25, 0.3) is 5.69 Å². The normalized spacial score (nSPS) is 19.5. The highest BCUT2D eigenvalue weighted by atomic mass is 35.5. The molecule has 2 heterocycles. The first-order chi connectivity index (χ1) is 12.6. The van der Waals surface area contributed by atoms with E-state index >= 15 is 0 Å². The number of rotatable bonds is 3. The second-order valence-electron chi connectivity index (χ2n) is 5.79. The Labute approximate surface area is 165 Å². The molecule has 0 saturated carbocycles. The van der Waals surface area contributed by atoms with Crippen LogP contribution in [0.5, 0.6) is 0 Å². The van der Waals surface area contributed by atoms with Crippen molar-refractivity contribution in [1.29, 1.82) is 5.26 Å². The molecule has 2 aromatic rings. The zero-order chi connectivity index (χ0) is 20.1. The van der Waals surface area contributed by atoms with Crippen LogP contribution in [0.3, 0.4) is 0 Å². The largest absolute Gasteiger partial charge is 0.611 e. The Morgan fingerprint density at radius 1 is 1.52 bits per heavy atom.